The van der Waals surface area contributed by atoms with E-state index in [-0.39, 0.29) is 29.0 Å². The van der Waals surface area contributed by atoms with E-state index in [4.69, 9.17) is 0 Å². The fourth-order valence-corrected chi connectivity index (χ4v) is 4.64. The van der Waals surface area contributed by atoms with Crippen LogP contribution in [0.5, 0.6) is 0 Å². The normalized spacial score (nSPS) is 17.8. The first kappa shape index (κ1) is 16.9. The van der Waals surface area contributed by atoms with Gasteiger partial charge in [-0.15, -0.1) is 11.3 Å². The van der Waals surface area contributed by atoms with Crippen LogP contribution in [-0.2, 0) is 14.6 Å². The lowest BCUT2D eigenvalue weighted by atomic mass is 10.2. The van der Waals surface area contributed by atoms with Crippen molar-refractivity contribution in [1.29, 1.82) is 0 Å². The third-order valence-electron chi connectivity index (χ3n) is 3.94. The summed E-state index contributed by atoms with van der Waals surface area (Å²) < 4.78 is 24.4. The van der Waals surface area contributed by atoms with E-state index >= 15 is 0 Å². The van der Waals surface area contributed by atoms with E-state index in [0.29, 0.717) is 6.54 Å². The lowest BCUT2D eigenvalue weighted by molar-refractivity contribution is -0.121. The Bertz CT molecular complexity index is 776. The smallest absolute Gasteiger partial charge is 0.221 e. The van der Waals surface area contributed by atoms with Gasteiger partial charge in [-0.25, -0.2) is 13.4 Å². The van der Waals surface area contributed by atoms with Crippen LogP contribution in [0.4, 0.5) is 5.13 Å². The highest BCUT2D eigenvalue weighted by atomic mass is 32.2. The standard InChI is InChI=1S/C16H19N3O3S2/c20-15(7-11-24(21,22)14-4-2-1-3-5-14)18-13-6-9-19(12-13)16-17-8-10-23-16/h1-5,8,10,13H,6-7,9,11-12H2,(H,18,20)/t13-/m1/s1. The topological polar surface area (TPSA) is 79.4 Å². The van der Waals surface area contributed by atoms with Crippen LogP contribution in [0.1, 0.15) is 12.8 Å². The van der Waals surface area contributed by atoms with E-state index in [1.807, 2.05) is 5.38 Å². The first-order valence-corrected chi connectivity index (χ1v) is 10.3. The van der Waals surface area contributed by atoms with E-state index in [1.54, 1.807) is 47.9 Å². The van der Waals surface area contributed by atoms with E-state index in [0.717, 1.165) is 18.1 Å². The number of rotatable bonds is 6. The molecule has 1 amide bonds. The number of amides is 1. The summed E-state index contributed by atoms with van der Waals surface area (Å²) in [5.74, 6) is -0.397. The van der Waals surface area contributed by atoms with Gasteiger partial charge >= 0.3 is 0 Å². The minimum Gasteiger partial charge on any atom is -0.351 e. The Hall–Kier alpha value is -1.93. The third kappa shape index (κ3) is 4.12. The van der Waals surface area contributed by atoms with Gasteiger partial charge in [-0.2, -0.15) is 0 Å². The SMILES string of the molecule is O=C(CCS(=O)(=O)c1ccccc1)N[C@@H]1CCN(c2nccs2)C1. The Balaban J connectivity index is 1.48. The molecule has 1 aromatic carbocycles. The Morgan fingerprint density at radius 3 is 2.83 bits per heavy atom. The lowest BCUT2D eigenvalue weighted by Gasteiger charge is -2.15. The summed E-state index contributed by atoms with van der Waals surface area (Å²) >= 11 is 1.58. The molecule has 1 saturated heterocycles. The second-order valence-electron chi connectivity index (χ2n) is 5.70. The first-order valence-electron chi connectivity index (χ1n) is 7.76. The van der Waals surface area contributed by atoms with Gasteiger partial charge in [0, 0.05) is 37.1 Å². The molecule has 1 fully saturated rings. The number of hydrogen-bond acceptors (Lipinski definition) is 6. The molecule has 3 rings (SSSR count). The predicted octanol–water partition coefficient (Wildman–Crippen LogP) is 1.70. The lowest BCUT2D eigenvalue weighted by Crippen LogP contribution is -2.37. The molecule has 2 heterocycles. The molecule has 0 aliphatic carbocycles. The first-order chi connectivity index (χ1) is 11.5. The fraction of sp³-hybridized carbons (Fsp3) is 0.375. The molecule has 1 atom stereocenters. The van der Waals surface area contributed by atoms with Gasteiger partial charge in [-0.1, -0.05) is 18.2 Å². The summed E-state index contributed by atoms with van der Waals surface area (Å²) in [6.07, 6.45) is 2.59. The zero-order valence-electron chi connectivity index (χ0n) is 13.1. The van der Waals surface area contributed by atoms with Crippen LogP contribution >= 0.6 is 11.3 Å². The van der Waals surface area contributed by atoms with Gasteiger partial charge in [0.2, 0.25) is 5.91 Å². The molecule has 6 nitrogen and oxygen atoms in total. The molecule has 8 heteroatoms. The van der Waals surface area contributed by atoms with Gasteiger partial charge < -0.3 is 10.2 Å². The third-order valence-corrected chi connectivity index (χ3v) is 6.51. The maximum atomic E-state index is 12.2. The number of aromatic nitrogens is 1. The quantitative estimate of drug-likeness (QED) is 0.843. The second kappa shape index (κ2) is 7.31. The summed E-state index contributed by atoms with van der Waals surface area (Å²) in [7, 11) is -3.41. The Kier molecular flexibility index (Phi) is 5.15. The molecule has 24 heavy (non-hydrogen) atoms. The predicted molar refractivity (Wildman–Crippen MR) is 94.0 cm³/mol. The summed E-state index contributed by atoms with van der Waals surface area (Å²) in [6, 6.07) is 8.27. The van der Waals surface area contributed by atoms with Crippen molar-refractivity contribution in [3.63, 3.8) is 0 Å². The molecular weight excluding hydrogens is 346 g/mol. The molecule has 1 aliphatic rings. The minimum absolute atomic E-state index is 0.0228. The van der Waals surface area contributed by atoms with Gasteiger partial charge in [0.1, 0.15) is 0 Å². The highest BCUT2D eigenvalue weighted by Crippen LogP contribution is 2.22. The number of carbonyl (C=O) groups excluding carboxylic acids is 1. The van der Waals surface area contributed by atoms with Crippen LogP contribution in [0.25, 0.3) is 0 Å². The molecule has 0 saturated carbocycles. The van der Waals surface area contributed by atoms with Crippen molar-refractivity contribution in [2.24, 2.45) is 0 Å². The van der Waals surface area contributed by atoms with Gasteiger partial charge in [-0.3, -0.25) is 4.79 Å². The van der Waals surface area contributed by atoms with Crippen LogP contribution in [0.3, 0.4) is 0 Å². The number of sulfone groups is 1. The van der Waals surface area contributed by atoms with Gasteiger partial charge in [0.05, 0.1) is 10.6 Å². The van der Waals surface area contributed by atoms with Crippen molar-refractivity contribution < 1.29 is 13.2 Å². The zero-order chi connectivity index (χ0) is 17.0. The number of thiazole rings is 1. The van der Waals surface area contributed by atoms with E-state index in [1.165, 1.54) is 0 Å². The highest BCUT2D eigenvalue weighted by Gasteiger charge is 2.26. The van der Waals surface area contributed by atoms with Crippen molar-refractivity contribution in [2.45, 2.75) is 23.8 Å². The van der Waals surface area contributed by atoms with Crippen molar-refractivity contribution in [1.82, 2.24) is 10.3 Å². The maximum Gasteiger partial charge on any atom is 0.221 e. The monoisotopic (exact) mass is 365 g/mol. The van der Waals surface area contributed by atoms with Crippen molar-refractivity contribution in [3.05, 3.63) is 41.9 Å². The van der Waals surface area contributed by atoms with Crippen molar-refractivity contribution in [2.75, 3.05) is 23.7 Å². The van der Waals surface area contributed by atoms with Crippen LogP contribution in [0.2, 0.25) is 0 Å². The molecule has 1 aliphatic heterocycles. The van der Waals surface area contributed by atoms with Gasteiger partial charge in [0.25, 0.3) is 0 Å². The number of benzene rings is 1. The Morgan fingerprint density at radius 2 is 2.12 bits per heavy atom. The van der Waals surface area contributed by atoms with Crippen molar-refractivity contribution in [3.8, 4) is 0 Å². The molecular formula is C16H19N3O3S2. The molecule has 2 aromatic rings. The average molecular weight is 365 g/mol. The van der Waals surface area contributed by atoms with Crippen LogP contribution in [-0.4, -0.2) is 44.2 Å². The van der Waals surface area contributed by atoms with E-state index in [9.17, 15) is 13.2 Å². The fourth-order valence-electron chi connectivity index (χ4n) is 2.70. The van der Waals surface area contributed by atoms with Gasteiger partial charge in [-0.05, 0) is 18.6 Å². The number of carbonyl (C=O) groups is 1. The van der Waals surface area contributed by atoms with Gasteiger partial charge in [0.15, 0.2) is 15.0 Å². The molecule has 0 bridgehead atoms. The molecule has 1 aromatic heterocycles. The van der Waals surface area contributed by atoms with Crippen LogP contribution < -0.4 is 10.2 Å². The number of nitrogens with one attached hydrogen (secondary N) is 1. The second-order valence-corrected chi connectivity index (χ2v) is 8.68. The average Bonchev–Trinajstić information content (AvgIpc) is 3.25. The molecule has 0 unspecified atom stereocenters. The molecule has 0 radical (unpaired) electrons. The number of anilines is 1. The van der Waals surface area contributed by atoms with Crippen LogP contribution in [0, 0.1) is 0 Å². The number of hydrogen-bond donors (Lipinski definition) is 1. The van der Waals surface area contributed by atoms with E-state index < -0.39 is 9.84 Å². The zero-order valence-corrected chi connectivity index (χ0v) is 14.7. The Morgan fingerprint density at radius 1 is 1.33 bits per heavy atom. The van der Waals surface area contributed by atoms with Crippen LogP contribution in [0.15, 0.2) is 46.8 Å². The number of nitrogens with zero attached hydrogens (tertiary/aromatic N) is 2. The molecule has 1 N–H and O–H groups in total. The van der Waals surface area contributed by atoms with Crippen molar-refractivity contribution >= 4 is 32.2 Å². The highest BCUT2D eigenvalue weighted by molar-refractivity contribution is 7.91. The minimum atomic E-state index is -3.41. The van der Waals surface area contributed by atoms with E-state index in [2.05, 4.69) is 15.2 Å². The molecule has 128 valence electrons. The summed E-state index contributed by atoms with van der Waals surface area (Å²) in [4.78, 5) is 18.7. The molecule has 0 spiro atoms. The summed E-state index contributed by atoms with van der Waals surface area (Å²) in [5, 5.41) is 5.81. The summed E-state index contributed by atoms with van der Waals surface area (Å²) in [5.41, 5.74) is 0. The largest absolute Gasteiger partial charge is 0.351 e. The Labute approximate surface area is 145 Å². The maximum absolute atomic E-state index is 12.2. The summed E-state index contributed by atoms with van der Waals surface area (Å²) in [6.45, 7) is 1.56.